The summed E-state index contributed by atoms with van der Waals surface area (Å²) in [5.41, 5.74) is 0.435. The Bertz CT molecular complexity index is 505. The third-order valence-electron chi connectivity index (χ3n) is 2.67. The van der Waals surface area contributed by atoms with Gasteiger partial charge in [0, 0.05) is 24.8 Å². The molecule has 20 heavy (non-hydrogen) atoms. The monoisotopic (exact) mass is 300 g/mol. The molecular formula is C13H17ClN2O4. The molecule has 1 aromatic carbocycles. The molecule has 0 saturated carbocycles. The summed E-state index contributed by atoms with van der Waals surface area (Å²) < 4.78 is 0. The van der Waals surface area contributed by atoms with Crippen molar-refractivity contribution in [3.63, 3.8) is 0 Å². The molecule has 1 N–H and O–H groups in total. The second-order valence-corrected chi connectivity index (χ2v) is 5.28. The number of nitro benzene ring substituents is 1. The summed E-state index contributed by atoms with van der Waals surface area (Å²) >= 11 is 5.77. The summed E-state index contributed by atoms with van der Waals surface area (Å²) in [6, 6.07) is 4.51. The second-order valence-electron chi connectivity index (χ2n) is 4.88. The van der Waals surface area contributed by atoms with Crippen LogP contribution in [0.1, 0.15) is 20.3 Å². The topological polar surface area (TPSA) is 83.7 Å². The average molecular weight is 301 g/mol. The molecule has 0 saturated heterocycles. The van der Waals surface area contributed by atoms with Crippen LogP contribution in [-0.2, 0) is 4.79 Å². The van der Waals surface area contributed by atoms with E-state index in [0.29, 0.717) is 24.7 Å². The fourth-order valence-electron chi connectivity index (χ4n) is 1.83. The SMILES string of the molecule is CC(C)CN(CCC(=O)O)c1ccc(Cl)c([N+](=O)[O-])c1. The Kier molecular flexibility index (Phi) is 5.76. The molecule has 1 rings (SSSR count). The first-order chi connectivity index (χ1) is 9.31. The number of carboxylic acids is 1. The third-order valence-corrected chi connectivity index (χ3v) is 2.99. The van der Waals surface area contributed by atoms with Gasteiger partial charge in [-0.2, -0.15) is 0 Å². The van der Waals surface area contributed by atoms with E-state index in [0.717, 1.165) is 0 Å². The quantitative estimate of drug-likeness (QED) is 0.617. The van der Waals surface area contributed by atoms with E-state index in [9.17, 15) is 14.9 Å². The van der Waals surface area contributed by atoms with Gasteiger partial charge < -0.3 is 10.0 Å². The number of nitrogens with zero attached hydrogens (tertiary/aromatic N) is 2. The molecule has 0 heterocycles. The molecule has 7 heteroatoms. The van der Waals surface area contributed by atoms with Crippen LogP contribution in [0.2, 0.25) is 5.02 Å². The highest BCUT2D eigenvalue weighted by molar-refractivity contribution is 6.32. The molecular weight excluding hydrogens is 284 g/mol. The Balaban J connectivity index is 3.03. The van der Waals surface area contributed by atoms with Gasteiger partial charge in [0.15, 0.2) is 0 Å². The Hall–Kier alpha value is -1.82. The van der Waals surface area contributed by atoms with E-state index in [1.54, 1.807) is 6.07 Å². The Morgan fingerprint density at radius 3 is 2.65 bits per heavy atom. The number of nitro groups is 1. The van der Waals surface area contributed by atoms with Crippen molar-refractivity contribution in [2.75, 3.05) is 18.0 Å². The number of rotatable bonds is 7. The van der Waals surface area contributed by atoms with E-state index >= 15 is 0 Å². The molecule has 0 atom stereocenters. The average Bonchev–Trinajstić information content (AvgIpc) is 2.34. The highest BCUT2D eigenvalue weighted by Gasteiger charge is 2.17. The van der Waals surface area contributed by atoms with Gasteiger partial charge in [0.1, 0.15) is 5.02 Å². The van der Waals surface area contributed by atoms with Gasteiger partial charge in [-0.15, -0.1) is 0 Å². The van der Waals surface area contributed by atoms with Crippen molar-refractivity contribution in [3.8, 4) is 0 Å². The first kappa shape index (κ1) is 16.2. The maximum absolute atomic E-state index is 10.9. The summed E-state index contributed by atoms with van der Waals surface area (Å²) in [5.74, 6) is -0.597. The molecule has 0 aromatic heterocycles. The standard InChI is InChI=1S/C13H17ClN2O4/c1-9(2)8-15(6-5-13(17)18)10-3-4-11(14)12(7-10)16(19)20/h3-4,7,9H,5-6,8H2,1-2H3,(H,17,18). The largest absolute Gasteiger partial charge is 0.481 e. The predicted octanol–water partition coefficient (Wildman–Crippen LogP) is 3.19. The number of halogens is 1. The Morgan fingerprint density at radius 1 is 1.50 bits per heavy atom. The lowest BCUT2D eigenvalue weighted by atomic mass is 10.1. The fraction of sp³-hybridized carbons (Fsp3) is 0.462. The maximum atomic E-state index is 10.9. The number of benzene rings is 1. The Labute approximate surface area is 122 Å². The molecule has 0 bridgehead atoms. The lowest BCUT2D eigenvalue weighted by Gasteiger charge is -2.26. The first-order valence-corrected chi connectivity index (χ1v) is 6.59. The van der Waals surface area contributed by atoms with Crippen LogP contribution in [0.25, 0.3) is 0 Å². The fourth-order valence-corrected chi connectivity index (χ4v) is 2.02. The summed E-state index contributed by atoms with van der Waals surface area (Å²) in [6.45, 7) is 4.91. The highest BCUT2D eigenvalue weighted by atomic mass is 35.5. The minimum absolute atomic E-state index is 0.0247. The van der Waals surface area contributed by atoms with Crippen molar-refractivity contribution in [1.82, 2.24) is 0 Å². The zero-order valence-electron chi connectivity index (χ0n) is 11.4. The van der Waals surface area contributed by atoms with E-state index in [4.69, 9.17) is 16.7 Å². The van der Waals surface area contributed by atoms with Crippen LogP contribution in [-0.4, -0.2) is 29.1 Å². The van der Waals surface area contributed by atoms with Crippen molar-refractivity contribution >= 4 is 28.9 Å². The van der Waals surface area contributed by atoms with E-state index in [-0.39, 0.29) is 17.1 Å². The minimum atomic E-state index is -0.901. The molecule has 0 radical (unpaired) electrons. The summed E-state index contributed by atoms with van der Waals surface area (Å²) in [6.07, 6.45) is -0.0247. The van der Waals surface area contributed by atoms with E-state index in [1.807, 2.05) is 18.7 Å². The van der Waals surface area contributed by atoms with Crippen molar-refractivity contribution in [2.24, 2.45) is 5.92 Å². The molecule has 0 unspecified atom stereocenters. The lowest BCUT2D eigenvalue weighted by molar-refractivity contribution is -0.384. The van der Waals surface area contributed by atoms with E-state index in [1.165, 1.54) is 12.1 Å². The smallest absolute Gasteiger partial charge is 0.305 e. The number of aliphatic carboxylic acids is 1. The van der Waals surface area contributed by atoms with Crippen LogP contribution in [0.5, 0.6) is 0 Å². The van der Waals surface area contributed by atoms with Gasteiger partial charge in [0.05, 0.1) is 11.3 Å². The zero-order chi connectivity index (χ0) is 15.3. The van der Waals surface area contributed by atoms with Gasteiger partial charge in [-0.25, -0.2) is 0 Å². The summed E-state index contributed by atoms with van der Waals surface area (Å²) in [7, 11) is 0. The number of carboxylic acid groups (broad SMARTS) is 1. The normalized spacial score (nSPS) is 10.6. The molecule has 0 amide bonds. The van der Waals surface area contributed by atoms with Crippen LogP contribution >= 0.6 is 11.6 Å². The van der Waals surface area contributed by atoms with E-state index in [2.05, 4.69) is 0 Å². The van der Waals surface area contributed by atoms with Crippen LogP contribution in [0.4, 0.5) is 11.4 Å². The number of hydrogen-bond donors (Lipinski definition) is 1. The molecule has 0 fully saturated rings. The van der Waals surface area contributed by atoms with E-state index < -0.39 is 10.9 Å². The van der Waals surface area contributed by atoms with Gasteiger partial charge in [0.25, 0.3) is 5.69 Å². The molecule has 0 spiro atoms. The summed E-state index contributed by atoms with van der Waals surface area (Å²) in [5, 5.41) is 19.7. The number of carbonyl (C=O) groups is 1. The van der Waals surface area contributed by atoms with Gasteiger partial charge in [-0.05, 0) is 18.1 Å². The first-order valence-electron chi connectivity index (χ1n) is 6.22. The zero-order valence-corrected chi connectivity index (χ0v) is 12.1. The molecule has 1 aromatic rings. The van der Waals surface area contributed by atoms with Crippen LogP contribution in [0.3, 0.4) is 0 Å². The van der Waals surface area contributed by atoms with Crippen LogP contribution in [0, 0.1) is 16.0 Å². The molecule has 0 aliphatic carbocycles. The van der Waals surface area contributed by atoms with Gasteiger partial charge in [0.2, 0.25) is 0 Å². The van der Waals surface area contributed by atoms with Gasteiger partial charge in [-0.1, -0.05) is 25.4 Å². The second kappa shape index (κ2) is 7.09. The third kappa shape index (κ3) is 4.70. The number of hydrogen-bond acceptors (Lipinski definition) is 4. The van der Waals surface area contributed by atoms with Crippen molar-refractivity contribution in [3.05, 3.63) is 33.3 Å². The van der Waals surface area contributed by atoms with Crippen molar-refractivity contribution in [2.45, 2.75) is 20.3 Å². The molecule has 0 aliphatic heterocycles. The highest BCUT2D eigenvalue weighted by Crippen LogP contribution is 2.29. The Morgan fingerprint density at radius 2 is 2.15 bits per heavy atom. The minimum Gasteiger partial charge on any atom is -0.481 e. The van der Waals surface area contributed by atoms with Crippen molar-refractivity contribution in [1.29, 1.82) is 0 Å². The van der Waals surface area contributed by atoms with Crippen LogP contribution < -0.4 is 4.90 Å². The van der Waals surface area contributed by atoms with Gasteiger partial charge >= 0.3 is 5.97 Å². The lowest BCUT2D eigenvalue weighted by Crippen LogP contribution is -2.30. The molecule has 110 valence electrons. The molecule has 6 nitrogen and oxygen atoms in total. The number of anilines is 1. The van der Waals surface area contributed by atoms with Gasteiger partial charge in [-0.3, -0.25) is 14.9 Å². The van der Waals surface area contributed by atoms with Crippen LogP contribution in [0.15, 0.2) is 18.2 Å². The maximum Gasteiger partial charge on any atom is 0.305 e. The predicted molar refractivity (Wildman–Crippen MR) is 77.4 cm³/mol. The summed E-state index contributed by atoms with van der Waals surface area (Å²) in [4.78, 5) is 22.9. The molecule has 0 aliphatic rings. The van der Waals surface area contributed by atoms with Crippen molar-refractivity contribution < 1.29 is 14.8 Å².